The van der Waals surface area contributed by atoms with Gasteiger partial charge in [0.15, 0.2) is 0 Å². The number of rotatable bonds is 3. The van der Waals surface area contributed by atoms with E-state index in [0.717, 1.165) is 18.8 Å². The van der Waals surface area contributed by atoms with Crippen molar-refractivity contribution < 1.29 is 4.90 Å². The Morgan fingerprint density at radius 2 is 1.86 bits per heavy atom. The predicted molar refractivity (Wildman–Crippen MR) is 85.9 cm³/mol. The van der Waals surface area contributed by atoms with Crippen molar-refractivity contribution in [3.63, 3.8) is 0 Å². The third kappa shape index (κ3) is 3.25. The molecule has 1 saturated heterocycles. The maximum absolute atomic E-state index is 11.5. The molecular formula is C15H21N6O+. The van der Waals surface area contributed by atoms with Gasteiger partial charge in [0.05, 0.1) is 33.2 Å². The lowest BCUT2D eigenvalue weighted by molar-refractivity contribution is -0.880. The van der Waals surface area contributed by atoms with Crippen LogP contribution >= 0.6 is 0 Å². The first kappa shape index (κ1) is 14.5. The predicted octanol–water partition coefficient (Wildman–Crippen LogP) is -0.448. The fourth-order valence-electron chi connectivity index (χ4n) is 2.49. The zero-order chi connectivity index (χ0) is 15.5. The summed E-state index contributed by atoms with van der Waals surface area (Å²) in [6.45, 7) is 6.12. The largest absolute Gasteiger partial charge is 0.360 e. The summed E-state index contributed by atoms with van der Waals surface area (Å²) in [4.78, 5) is 18.1. The second-order valence-corrected chi connectivity index (χ2v) is 5.70. The van der Waals surface area contributed by atoms with E-state index in [1.165, 1.54) is 18.8 Å². The fraction of sp³-hybridized carbons (Fsp3) is 0.400. The average molecular weight is 301 g/mol. The number of aromatic nitrogens is 3. The fourth-order valence-corrected chi connectivity index (χ4v) is 2.49. The van der Waals surface area contributed by atoms with Gasteiger partial charge in [-0.1, -0.05) is 0 Å². The number of piperazine rings is 1. The molecule has 1 fully saturated rings. The van der Waals surface area contributed by atoms with Gasteiger partial charge in [-0.2, -0.15) is 0 Å². The van der Waals surface area contributed by atoms with E-state index in [4.69, 9.17) is 0 Å². The molecule has 7 nitrogen and oxygen atoms in total. The van der Waals surface area contributed by atoms with Gasteiger partial charge in [0, 0.05) is 11.4 Å². The number of likely N-dealkylation sites (N-methyl/N-ethyl adjacent to an activating group) is 1. The molecule has 3 N–H and O–H groups in total. The first-order chi connectivity index (χ1) is 10.6. The molecule has 0 radical (unpaired) electrons. The van der Waals surface area contributed by atoms with Gasteiger partial charge in [-0.05, 0) is 31.2 Å². The second kappa shape index (κ2) is 6.15. The van der Waals surface area contributed by atoms with Crippen molar-refractivity contribution in [2.75, 3.05) is 43.4 Å². The number of hydrogen-bond acceptors (Lipinski definition) is 5. The van der Waals surface area contributed by atoms with Crippen LogP contribution in [0.2, 0.25) is 0 Å². The van der Waals surface area contributed by atoms with Crippen LogP contribution in [0.25, 0.3) is 0 Å². The van der Waals surface area contributed by atoms with Gasteiger partial charge in [-0.3, -0.25) is 9.78 Å². The molecule has 2 heterocycles. The Balaban J connectivity index is 1.68. The van der Waals surface area contributed by atoms with E-state index in [-0.39, 0.29) is 5.56 Å². The molecule has 2 aromatic rings. The molecular weight excluding hydrogens is 280 g/mol. The highest BCUT2D eigenvalue weighted by Gasteiger charge is 2.16. The summed E-state index contributed by atoms with van der Waals surface area (Å²) >= 11 is 0. The molecule has 1 aromatic carbocycles. The van der Waals surface area contributed by atoms with Crippen LogP contribution in [0.15, 0.2) is 29.1 Å². The smallest absolute Gasteiger partial charge is 0.273 e. The molecule has 0 saturated carbocycles. The van der Waals surface area contributed by atoms with Gasteiger partial charge >= 0.3 is 0 Å². The zero-order valence-electron chi connectivity index (χ0n) is 12.9. The van der Waals surface area contributed by atoms with Crippen molar-refractivity contribution >= 4 is 17.3 Å². The minimum absolute atomic E-state index is 0.228. The minimum atomic E-state index is -0.228. The zero-order valence-corrected chi connectivity index (χ0v) is 12.9. The summed E-state index contributed by atoms with van der Waals surface area (Å²) in [6.07, 6.45) is 0. The highest BCUT2D eigenvalue weighted by molar-refractivity contribution is 5.59. The van der Waals surface area contributed by atoms with Crippen LogP contribution in [-0.4, -0.2) is 48.4 Å². The number of nitrogens with zero attached hydrogens (tertiary/aromatic N) is 3. The van der Waals surface area contributed by atoms with Gasteiger partial charge in [-0.25, -0.2) is 0 Å². The van der Waals surface area contributed by atoms with Crippen LogP contribution in [0.3, 0.4) is 0 Å². The van der Waals surface area contributed by atoms with Crippen LogP contribution in [0.5, 0.6) is 0 Å². The third-order valence-corrected chi connectivity index (χ3v) is 3.97. The molecule has 1 aliphatic rings. The Labute approximate surface area is 129 Å². The van der Waals surface area contributed by atoms with E-state index in [1.54, 1.807) is 11.8 Å². The van der Waals surface area contributed by atoms with Crippen molar-refractivity contribution in [1.82, 2.24) is 15.2 Å². The second-order valence-electron chi connectivity index (χ2n) is 5.70. The molecule has 3 rings (SSSR count). The van der Waals surface area contributed by atoms with E-state index < -0.39 is 0 Å². The van der Waals surface area contributed by atoms with Crippen molar-refractivity contribution in [1.29, 1.82) is 0 Å². The van der Waals surface area contributed by atoms with E-state index in [9.17, 15) is 4.79 Å². The molecule has 0 unspecified atom stereocenters. The number of hydrogen-bond donors (Lipinski definition) is 3. The van der Waals surface area contributed by atoms with Gasteiger partial charge in [-0.15, -0.1) is 10.2 Å². The van der Waals surface area contributed by atoms with E-state index in [0.29, 0.717) is 11.6 Å². The minimum Gasteiger partial charge on any atom is -0.360 e. The quantitative estimate of drug-likeness (QED) is 0.716. The third-order valence-electron chi connectivity index (χ3n) is 3.97. The molecule has 0 spiro atoms. The van der Waals surface area contributed by atoms with E-state index in [1.807, 2.05) is 12.1 Å². The number of benzene rings is 1. The number of aryl methyl sites for hydroxylation is 1. The van der Waals surface area contributed by atoms with E-state index >= 15 is 0 Å². The summed E-state index contributed by atoms with van der Waals surface area (Å²) < 4.78 is 0. The van der Waals surface area contributed by atoms with Crippen LogP contribution in [0, 0.1) is 6.92 Å². The lowest BCUT2D eigenvalue weighted by Gasteiger charge is -2.31. The Bertz CT molecular complexity index is 688. The lowest BCUT2D eigenvalue weighted by Crippen LogP contribution is -3.12. The molecule has 0 amide bonds. The Kier molecular flexibility index (Phi) is 4.06. The molecule has 0 atom stereocenters. The first-order valence-electron chi connectivity index (χ1n) is 7.49. The van der Waals surface area contributed by atoms with Crippen molar-refractivity contribution in [3.8, 4) is 0 Å². The van der Waals surface area contributed by atoms with Gasteiger partial charge in [0.2, 0.25) is 5.95 Å². The van der Waals surface area contributed by atoms with Gasteiger partial charge in [0.25, 0.3) is 5.56 Å². The molecule has 0 bridgehead atoms. The molecule has 0 aliphatic carbocycles. The summed E-state index contributed by atoms with van der Waals surface area (Å²) in [5.41, 5.74) is 2.23. The van der Waals surface area contributed by atoms with Crippen molar-refractivity contribution in [2.45, 2.75) is 6.92 Å². The molecule has 116 valence electrons. The van der Waals surface area contributed by atoms with Crippen molar-refractivity contribution in [3.05, 3.63) is 40.3 Å². The monoisotopic (exact) mass is 301 g/mol. The Hall–Kier alpha value is -2.41. The highest BCUT2D eigenvalue weighted by Crippen LogP contribution is 2.19. The summed E-state index contributed by atoms with van der Waals surface area (Å²) in [7, 11) is 2.23. The van der Waals surface area contributed by atoms with E-state index in [2.05, 4.69) is 44.6 Å². The van der Waals surface area contributed by atoms with Gasteiger partial charge < -0.3 is 15.1 Å². The van der Waals surface area contributed by atoms with Crippen LogP contribution in [0.4, 0.5) is 17.3 Å². The maximum atomic E-state index is 11.5. The SMILES string of the molecule is Cc1nnc(Nc2ccc(N3CC[NH+](C)CC3)cc2)[nH]c1=O. The number of quaternary nitrogens is 1. The molecule has 7 heteroatoms. The van der Waals surface area contributed by atoms with Crippen LogP contribution in [0.1, 0.15) is 5.69 Å². The van der Waals surface area contributed by atoms with Crippen LogP contribution in [-0.2, 0) is 0 Å². The summed E-state index contributed by atoms with van der Waals surface area (Å²) in [6, 6.07) is 8.14. The van der Waals surface area contributed by atoms with Gasteiger partial charge in [0.1, 0.15) is 5.69 Å². The first-order valence-corrected chi connectivity index (χ1v) is 7.49. The van der Waals surface area contributed by atoms with Crippen molar-refractivity contribution in [2.24, 2.45) is 0 Å². The standard InChI is InChI=1S/C15H20N6O/c1-11-14(22)17-15(19-18-11)16-12-3-5-13(6-4-12)21-9-7-20(2)8-10-21/h3-6H,7-10H2,1-2H3,(H2,16,17,19,22)/p+1. The molecule has 22 heavy (non-hydrogen) atoms. The topological polar surface area (TPSA) is 78.3 Å². The number of anilines is 3. The lowest BCUT2D eigenvalue weighted by atomic mass is 10.2. The molecule has 1 aliphatic heterocycles. The van der Waals surface area contributed by atoms with Crippen LogP contribution < -0.4 is 20.7 Å². The number of H-pyrrole nitrogens is 1. The Morgan fingerprint density at radius 1 is 1.18 bits per heavy atom. The number of nitrogens with one attached hydrogen (secondary N) is 3. The maximum Gasteiger partial charge on any atom is 0.273 e. The average Bonchev–Trinajstić information content (AvgIpc) is 2.53. The summed E-state index contributed by atoms with van der Waals surface area (Å²) in [5, 5.41) is 10.8. The Morgan fingerprint density at radius 3 is 2.50 bits per heavy atom. The highest BCUT2D eigenvalue weighted by atomic mass is 16.1. The molecule has 1 aromatic heterocycles. The number of aromatic amines is 1. The summed E-state index contributed by atoms with van der Waals surface area (Å²) in [5.74, 6) is 0.353. The normalized spacial score (nSPS) is 15.8.